The first-order valence-corrected chi connectivity index (χ1v) is 8.34. The fourth-order valence-electron chi connectivity index (χ4n) is 3.08. The van der Waals surface area contributed by atoms with E-state index in [2.05, 4.69) is 31.2 Å². The molecule has 24 heavy (non-hydrogen) atoms. The third-order valence-corrected chi connectivity index (χ3v) is 4.30. The summed E-state index contributed by atoms with van der Waals surface area (Å²) in [6.07, 6.45) is 2.22. The van der Waals surface area contributed by atoms with Crippen LogP contribution in [0.5, 0.6) is 11.5 Å². The Morgan fingerprint density at radius 2 is 1.00 bits per heavy atom. The fraction of sp³-hybridized carbons (Fsp3) is 0.182. The number of hydrogen-bond donors (Lipinski definition) is 2. The maximum absolute atomic E-state index is 9.58. The smallest absolute Gasteiger partial charge is 0.115 e. The van der Waals surface area contributed by atoms with Gasteiger partial charge in [-0.3, -0.25) is 0 Å². The number of phenols is 2. The fourth-order valence-corrected chi connectivity index (χ4v) is 3.08. The average Bonchev–Trinajstić information content (AvgIpc) is 2.60. The summed E-state index contributed by atoms with van der Waals surface area (Å²) in [6, 6.07) is 23.4. The molecule has 0 aromatic heterocycles. The zero-order valence-corrected chi connectivity index (χ0v) is 13.8. The van der Waals surface area contributed by atoms with E-state index in [1.807, 2.05) is 24.3 Å². The van der Waals surface area contributed by atoms with Gasteiger partial charge in [-0.25, -0.2) is 0 Å². The molecular formula is C22H22O2. The standard InChI is InChI=1S/C22H22O2/c1-2-3-16-4-6-17(7-5-16)22(18-8-12-20(23)13-9-18)19-10-14-21(24)15-11-19/h4-15,22-24H,2-3H2,1H3. The van der Waals surface area contributed by atoms with Crippen LogP contribution < -0.4 is 0 Å². The second-order valence-corrected chi connectivity index (χ2v) is 6.11. The van der Waals surface area contributed by atoms with Crippen molar-refractivity contribution in [2.75, 3.05) is 0 Å². The Kier molecular flexibility index (Phi) is 4.85. The number of phenolic OH excluding ortho intramolecular Hbond substituents is 2. The summed E-state index contributed by atoms with van der Waals surface area (Å²) in [5.41, 5.74) is 4.77. The van der Waals surface area contributed by atoms with Gasteiger partial charge in [-0.05, 0) is 52.9 Å². The number of hydrogen-bond acceptors (Lipinski definition) is 2. The first-order valence-electron chi connectivity index (χ1n) is 8.34. The van der Waals surface area contributed by atoms with Gasteiger partial charge < -0.3 is 10.2 Å². The van der Waals surface area contributed by atoms with Crippen LogP contribution in [-0.4, -0.2) is 10.2 Å². The Bertz CT molecular complexity index is 726. The van der Waals surface area contributed by atoms with Crippen LogP contribution in [0.4, 0.5) is 0 Å². The number of rotatable bonds is 5. The zero-order valence-electron chi connectivity index (χ0n) is 13.8. The molecule has 3 aromatic rings. The lowest BCUT2D eigenvalue weighted by Gasteiger charge is -2.19. The van der Waals surface area contributed by atoms with Crippen molar-refractivity contribution < 1.29 is 10.2 Å². The summed E-state index contributed by atoms with van der Waals surface area (Å²) in [5.74, 6) is 0.602. The van der Waals surface area contributed by atoms with Gasteiger partial charge in [0, 0.05) is 5.92 Å². The van der Waals surface area contributed by atoms with Gasteiger partial charge in [-0.15, -0.1) is 0 Å². The van der Waals surface area contributed by atoms with Gasteiger partial charge in [0.05, 0.1) is 0 Å². The van der Waals surface area contributed by atoms with E-state index < -0.39 is 0 Å². The van der Waals surface area contributed by atoms with Crippen LogP contribution >= 0.6 is 0 Å². The maximum atomic E-state index is 9.58. The molecule has 0 radical (unpaired) electrons. The van der Waals surface area contributed by atoms with Crippen molar-refractivity contribution in [1.29, 1.82) is 0 Å². The molecule has 0 heterocycles. The van der Waals surface area contributed by atoms with E-state index in [1.54, 1.807) is 24.3 Å². The first-order chi connectivity index (χ1) is 11.7. The first kappa shape index (κ1) is 16.1. The second-order valence-electron chi connectivity index (χ2n) is 6.11. The molecule has 0 atom stereocenters. The third kappa shape index (κ3) is 3.60. The predicted molar refractivity (Wildman–Crippen MR) is 97.6 cm³/mol. The molecular weight excluding hydrogens is 296 g/mol. The van der Waals surface area contributed by atoms with E-state index >= 15 is 0 Å². The molecule has 0 aliphatic heterocycles. The summed E-state index contributed by atoms with van der Waals surface area (Å²) in [6.45, 7) is 2.18. The largest absolute Gasteiger partial charge is 0.508 e. The van der Waals surface area contributed by atoms with Gasteiger partial charge in [-0.2, -0.15) is 0 Å². The van der Waals surface area contributed by atoms with E-state index in [0.717, 1.165) is 24.0 Å². The third-order valence-electron chi connectivity index (χ3n) is 4.30. The highest BCUT2D eigenvalue weighted by Gasteiger charge is 2.17. The molecule has 3 rings (SSSR count). The Morgan fingerprint density at radius 3 is 1.38 bits per heavy atom. The SMILES string of the molecule is CCCc1ccc(C(c2ccc(O)cc2)c2ccc(O)cc2)cc1. The van der Waals surface area contributed by atoms with Crippen molar-refractivity contribution in [1.82, 2.24) is 0 Å². The van der Waals surface area contributed by atoms with Crippen LogP contribution in [0, 0.1) is 0 Å². The maximum Gasteiger partial charge on any atom is 0.115 e. The number of aromatic hydroxyl groups is 2. The molecule has 0 bridgehead atoms. The Balaban J connectivity index is 2.04. The van der Waals surface area contributed by atoms with Crippen molar-refractivity contribution >= 4 is 0 Å². The molecule has 0 saturated heterocycles. The minimum Gasteiger partial charge on any atom is -0.508 e. The number of benzene rings is 3. The van der Waals surface area contributed by atoms with Crippen molar-refractivity contribution in [3.63, 3.8) is 0 Å². The molecule has 0 unspecified atom stereocenters. The van der Waals surface area contributed by atoms with Crippen LogP contribution in [0.3, 0.4) is 0 Å². The van der Waals surface area contributed by atoms with Crippen LogP contribution in [0.25, 0.3) is 0 Å². The summed E-state index contributed by atoms with van der Waals surface area (Å²) in [7, 11) is 0. The van der Waals surface area contributed by atoms with Crippen LogP contribution in [0.15, 0.2) is 72.8 Å². The van der Waals surface area contributed by atoms with E-state index in [9.17, 15) is 10.2 Å². The Labute approximate surface area is 143 Å². The molecule has 2 N–H and O–H groups in total. The molecule has 0 aliphatic rings. The lowest BCUT2D eigenvalue weighted by atomic mass is 9.84. The van der Waals surface area contributed by atoms with Crippen LogP contribution in [0.2, 0.25) is 0 Å². The summed E-state index contributed by atoms with van der Waals surface area (Å²) >= 11 is 0. The topological polar surface area (TPSA) is 40.5 Å². The molecule has 2 heteroatoms. The molecule has 0 fully saturated rings. The van der Waals surface area contributed by atoms with Crippen molar-refractivity contribution in [3.05, 3.63) is 95.1 Å². The Hall–Kier alpha value is -2.74. The Morgan fingerprint density at radius 1 is 0.625 bits per heavy atom. The van der Waals surface area contributed by atoms with Gasteiger partial charge in [-0.1, -0.05) is 61.9 Å². The van der Waals surface area contributed by atoms with Gasteiger partial charge in [0.2, 0.25) is 0 Å². The lowest BCUT2D eigenvalue weighted by Crippen LogP contribution is -2.03. The predicted octanol–water partition coefficient (Wildman–Crippen LogP) is 5.23. The van der Waals surface area contributed by atoms with Crippen LogP contribution in [0.1, 0.15) is 41.5 Å². The monoisotopic (exact) mass is 318 g/mol. The minimum absolute atomic E-state index is 0.0712. The van der Waals surface area contributed by atoms with Crippen molar-refractivity contribution in [3.8, 4) is 11.5 Å². The summed E-state index contributed by atoms with van der Waals surface area (Å²) < 4.78 is 0. The molecule has 0 aliphatic carbocycles. The quantitative estimate of drug-likeness (QED) is 0.632. The van der Waals surface area contributed by atoms with Gasteiger partial charge in [0.15, 0.2) is 0 Å². The number of aryl methyl sites for hydroxylation is 1. The highest BCUT2D eigenvalue weighted by Crippen LogP contribution is 2.33. The summed E-state index contributed by atoms with van der Waals surface area (Å²) in [4.78, 5) is 0. The van der Waals surface area contributed by atoms with E-state index in [0.29, 0.717) is 0 Å². The van der Waals surface area contributed by atoms with E-state index in [4.69, 9.17) is 0 Å². The highest BCUT2D eigenvalue weighted by molar-refractivity contribution is 5.45. The van der Waals surface area contributed by atoms with Crippen LogP contribution in [-0.2, 0) is 6.42 Å². The minimum atomic E-state index is 0.0712. The van der Waals surface area contributed by atoms with Gasteiger partial charge in [0.25, 0.3) is 0 Å². The lowest BCUT2D eigenvalue weighted by molar-refractivity contribution is 0.475. The molecule has 0 spiro atoms. The van der Waals surface area contributed by atoms with Crippen molar-refractivity contribution in [2.24, 2.45) is 0 Å². The van der Waals surface area contributed by atoms with Crippen molar-refractivity contribution in [2.45, 2.75) is 25.7 Å². The van der Waals surface area contributed by atoms with E-state index in [1.165, 1.54) is 11.1 Å². The van der Waals surface area contributed by atoms with Gasteiger partial charge in [0.1, 0.15) is 11.5 Å². The molecule has 122 valence electrons. The molecule has 0 saturated carbocycles. The zero-order chi connectivity index (χ0) is 16.9. The van der Waals surface area contributed by atoms with Gasteiger partial charge >= 0.3 is 0 Å². The molecule has 0 amide bonds. The van der Waals surface area contributed by atoms with E-state index in [-0.39, 0.29) is 17.4 Å². The normalized spacial score (nSPS) is 10.9. The average molecular weight is 318 g/mol. The molecule has 2 nitrogen and oxygen atoms in total. The summed E-state index contributed by atoms with van der Waals surface area (Å²) in [5, 5.41) is 19.2. The second kappa shape index (κ2) is 7.22. The highest BCUT2D eigenvalue weighted by atomic mass is 16.3. The molecule has 3 aromatic carbocycles.